The van der Waals surface area contributed by atoms with Crippen LogP contribution >= 0.6 is 11.6 Å². The summed E-state index contributed by atoms with van der Waals surface area (Å²) in [7, 11) is -4.13. The van der Waals surface area contributed by atoms with Crippen LogP contribution in [-0.2, 0) is 14.8 Å². The van der Waals surface area contributed by atoms with Gasteiger partial charge in [-0.25, -0.2) is 18.4 Å². The van der Waals surface area contributed by atoms with E-state index < -0.39 is 38.9 Å². The third kappa shape index (κ3) is 4.39. The number of carbonyl (C=O) groups is 2. The molecule has 0 saturated heterocycles. The number of rotatable bonds is 5. The molecule has 1 amide bonds. The van der Waals surface area contributed by atoms with Gasteiger partial charge in [0.15, 0.2) is 6.04 Å². The van der Waals surface area contributed by atoms with Crippen molar-refractivity contribution >= 4 is 33.5 Å². The third-order valence-corrected chi connectivity index (χ3v) is 3.93. The van der Waals surface area contributed by atoms with Gasteiger partial charge in [0.2, 0.25) is 10.0 Å². The molecule has 0 aliphatic heterocycles. The summed E-state index contributed by atoms with van der Waals surface area (Å²) in [6.07, 6.45) is -1.34. The Hall–Kier alpha value is -1.68. The van der Waals surface area contributed by atoms with Crippen molar-refractivity contribution < 1.29 is 28.2 Å². The lowest BCUT2D eigenvalue weighted by molar-refractivity contribution is -0.141. The fourth-order valence-corrected chi connectivity index (χ4v) is 2.55. The summed E-state index contributed by atoms with van der Waals surface area (Å²) >= 11 is 5.67. The summed E-state index contributed by atoms with van der Waals surface area (Å²) < 4.78 is 22.6. The summed E-state index contributed by atoms with van der Waals surface area (Å²) in [5.41, 5.74) is -0.157. The molecule has 0 fully saturated rings. The van der Waals surface area contributed by atoms with Crippen LogP contribution in [0.3, 0.4) is 0 Å². The number of carboxylic acids is 1. The summed E-state index contributed by atoms with van der Waals surface area (Å²) in [6.45, 7) is 1.19. The number of carbonyl (C=O) groups excluding carboxylic acids is 1. The molecule has 0 aliphatic rings. The molecule has 5 N–H and O–H groups in total. The summed E-state index contributed by atoms with van der Waals surface area (Å²) in [5, 5.41) is 25.0. The number of aliphatic carboxylic acids is 1. The minimum Gasteiger partial charge on any atom is -0.480 e. The molecule has 1 aromatic rings. The lowest BCUT2D eigenvalue weighted by Gasteiger charge is -2.17. The van der Waals surface area contributed by atoms with Crippen molar-refractivity contribution in [2.45, 2.75) is 24.0 Å². The number of hydrogen-bond acceptors (Lipinski definition) is 5. The van der Waals surface area contributed by atoms with E-state index in [9.17, 15) is 23.1 Å². The fraction of sp³-hybridized carbons (Fsp3) is 0.273. The second-order valence-electron chi connectivity index (χ2n) is 4.22. The highest BCUT2D eigenvalue weighted by Gasteiger charge is 2.26. The van der Waals surface area contributed by atoms with Crippen LogP contribution in [0.4, 0.5) is 0 Å². The number of aliphatic hydroxyl groups is 1. The van der Waals surface area contributed by atoms with Crippen molar-refractivity contribution in [3.8, 4) is 0 Å². The lowest BCUT2D eigenvalue weighted by Crippen LogP contribution is -2.47. The topological polar surface area (TPSA) is 147 Å². The SMILES string of the molecule is C[C@@H](O)[C@H](NC(=O)c1ccc(Cl)c(S(N)(=O)=O)c1)C(=O)O. The largest absolute Gasteiger partial charge is 0.480 e. The Kier molecular flexibility index (Phi) is 5.29. The molecule has 1 rings (SSSR count). The van der Waals surface area contributed by atoms with Crippen molar-refractivity contribution in [1.82, 2.24) is 5.32 Å². The van der Waals surface area contributed by atoms with Gasteiger partial charge >= 0.3 is 5.97 Å². The molecule has 0 unspecified atom stereocenters. The monoisotopic (exact) mass is 336 g/mol. The first-order valence-electron chi connectivity index (χ1n) is 5.58. The van der Waals surface area contributed by atoms with Crippen LogP contribution in [0.1, 0.15) is 17.3 Å². The predicted molar refractivity (Wildman–Crippen MR) is 73.4 cm³/mol. The zero-order valence-electron chi connectivity index (χ0n) is 10.8. The van der Waals surface area contributed by atoms with Gasteiger partial charge in [0.1, 0.15) is 4.90 Å². The van der Waals surface area contributed by atoms with E-state index in [2.05, 4.69) is 5.32 Å². The summed E-state index contributed by atoms with van der Waals surface area (Å²) in [4.78, 5) is 22.3. The van der Waals surface area contributed by atoms with Gasteiger partial charge in [0.25, 0.3) is 5.91 Å². The van der Waals surface area contributed by atoms with Crippen LogP contribution in [0.25, 0.3) is 0 Å². The number of nitrogens with two attached hydrogens (primary N) is 1. The quantitative estimate of drug-likeness (QED) is 0.572. The number of nitrogens with one attached hydrogen (secondary N) is 1. The van der Waals surface area contributed by atoms with Crippen LogP contribution in [0.2, 0.25) is 5.02 Å². The fourth-order valence-electron chi connectivity index (χ4n) is 1.48. The smallest absolute Gasteiger partial charge is 0.328 e. The highest BCUT2D eigenvalue weighted by molar-refractivity contribution is 7.89. The van der Waals surface area contributed by atoms with Gasteiger partial charge in [0.05, 0.1) is 11.1 Å². The van der Waals surface area contributed by atoms with E-state index in [4.69, 9.17) is 21.8 Å². The van der Waals surface area contributed by atoms with E-state index in [-0.39, 0.29) is 10.6 Å². The molecule has 0 heterocycles. The molecule has 0 bridgehead atoms. The Morgan fingerprint density at radius 1 is 1.38 bits per heavy atom. The van der Waals surface area contributed by atoms with E-state index in [0.717, 1.165) is 12.1 Å². The van der Waals surface area contributed by atoms with Gasteiger partial charge in [0, 0.05) is 5.56 Å². The highest BCUT2D eigenvalue weighted by atomic mass is 35.5. The summed E-state index contributed by atoms with van der Waals surface area (Å²) in [6, 6.07) is 1.74. The van der Waals surface area contributed by atoms with E-state index >= 15 is 0 Å². The van der Waals surface area contributed by atoms with Crippen LogP contribution < -0.4 is 10.5 Å². The molecule has 0 aliphatic carbocycles. The number of hydrogen-bond donors (Lipinski definition) is 4. The number of benzene rings is 1. The van der Waals surface area contributed by atoms with Crippen molar-refractivity contribution in [2.75, 3.05) is 0 Å². The summed E-state index contributed by atoms with van der Waals surface area (Å²) in [5.74, 6) is -2.32. The minimum absolute atomic E-state index is 0.157. The second-order valence-corrected chi connectivity index (χ2v) is 6.16. The van der Waals surface area contributed by atoms with Crippen molar-refractivity contribution in [1.29, 1.82) is 0 Å². The molecule has 116 valence electrons. The lowest BCUT2D eigenvalue weighted by atomic mass is 10.1. The average molecular weight is 337 g/mol. The molecule has 0 radical (unpaired) electrons. The van der Waals surface area contributed by atoms with E-state index in [1.165, 1.54) is 13.0 Å². The van der Waals surface area contributed by atoms with Crippen molar-refractivity contribution in [3.05, 3.63) is 28.8 Å². The number of carboxylic acid groups (broad SMARTS) is 1. The average Bonchev–Trinajstić information content (AvgIpc) is 2.33. The first kappa shape index (κ1) is 17.4. The van der Waals surface area contributed by atoms with Gasteiger partial charge in [-0.05, 0) is 25.1 Å². The van der Waals surface area contributed by atoms with Gasteiger partial charge in [-0.3, -0.25) is 4.79 Å². The standard InChI is InChI=1S/C11H13ClN2O6S/c1-5(15)9(11(17)18)14-10(16)6-2-3-7(12)8(4-6)21(13,19)20/h2-5,9,15H,1H3,(H,14,16)(H,17,18)(H2,13,19,20)/t5-,9+/m1/s1. The Labute approximate surface area is 125 Å². The van der Waals surface area contributed by atoms with Gasteiger partial charge in [-0.2, -0.15) is 0 Å². The van der Waals surface area contributed by atoms with E-state index in [0.29, 0.717) is 0 Å². The molecule has 0 spiro atoms. The van der Waals surface area contributed by atoms with Gasteiger partial charge in [-0.15, -0.1) is 0 Å². The van der Waals surface area contributed by atoms with Crippen LogP contribution in [0.5, 0.6) is 0 Å². The Bertz CT molecular complexity index is 673. The van der Waals surface area contributed by atoms with E-state index in [1.807, 2.05) is 0 Å². The normalized spacial score (nSPS) is 14.3. The van der Waals surface area contributed by atoms with Crippen LogP contribution in [0.15, 0.2) is 23.1 Å². The van der Waals surface area contributed by atoms with Gasteiger partial charge < -0.3 is 15.5 Å². The second kappa shape index (κ2) is 6.39. The molecule has 21 heavy (non-hydrogen) atoms. The number of primary sulfonamides is 1. The Morgan fingerprint density at radius 2 is 1.95 bits per heavy atom. The first-order chi connectivity index (χ1) is 9.54. The predicted octanol–water partition coefficient (Wildman–Crippen LogP) is -0.449. The zero-order chi connectivity index (χ0) is 16.4. The molecule has 8 nitrogen and oxygen atoms in total. The maximum atomic E-state index is 11.9. The number of aliphatic hydroxyl groups excluding tert-OH is 1. The molecule has 0 aromatic heterocycles. The van der Waals surface area contributed by atoms with Crippen molar-refractivity contribution in [2.24, 2.45) is 5.14 Å². The number of amides is 1. The molecular formula is C11H13ClN2O6S. The van der Waals surface area contributed by atoms with Crippen LogP contribution in [-0.4, -0.2) is 42.7 Å². The number of halogens is 1. The van der Waals surface area contributed by atoms with E-state index in [1.54, 1.807) is 0 Å². The molecule has 1 aromatic carbocycles. The maximum absolute atomic E-state index is 11.9. The Balaban J connectivity index is 3.12. The molecular weight excluding hydrogens is 324 g/mol. The third-order valence-electron chi connectivity index (χ3n) is 2.53. The van der Waals surface area contributed by atoms with Crippen molar-refractivity contribution in [3.63, 3.8) is 0 Å². The Morgan fingerprint density at radius 3 is 2.38 bits per heavy atom. The highest BCUT2D eigenvalue weighted by Crippen LogP contribution is 2.21. The molecule has 0 saturated carbocycles. The maximum Gasteiger partial charge on any atom is 0.328 e. The number of sulfonamides is 1. The molecule has 2 atom stereocenters. The van der Waals surface area contributed by atoms with Crippen LogP contribution in [0, 0.1) is 0 Å². The minimum atomic E-state index is -4.13. The molecule has 10 heteroatoms. The first-order valence-corrected chi connectivity index (χ1v) is 7.50. The zero-order valence-corrected chi connectivity index (χ0v) is 12.4. The van der Waals surface area contributed by atoms with Gasteiger partial charge in [-0.1, -0.05) is 11.6 Å².